The van der Waals surface area contributed by atoms with Crippen LogP contribution in [0.25, 0.3) is 0 Å². The van der Waals surface area contributed by atoms with Gasteiger partial charge in [-0.25, -0.2) is 4.39 Å². The molecule has 0 aliphatic rings. The van der Waals surface area contributed by atoms with Gasteiger partial charge in [0, 0.05) is 28.9 Å². The Kier molecular flexibility index (Phi) is 3.95. The Balaban J connectivity index is 2.35. The number of hydrogen-bond donors (Lipinski definition) is 1. The van der Waals surface area contributed by atoms with E-state index in [1.165, 1.54) is 18.2 Å². The monoisotopic (exact) mass is 294 g/mol. The Morgan fingerprint density at radius 1 is 1.30 bits per heavy atom. The van der Waals surface area contributed by atoms with Crippen molar-refractivity contribution in [1.29, 1.82) is 0 Å². The zero-order chi connectivity index (χ0) is 14.7. The van der Waals surface area contributed by atoms with Crippen LogP contribution in [0.5, 0.6) is 5.75 Å². The van der Waals surface area contributed by atoms with Crippen LogP contribution >= 0.6 is 11.6 Å². The summed E-state index contributed by atoms with van der Waals surface area (Å²) in [5, 5.41) is 20.5. The van der Waals surface area contributed by atoms with E-state index in [0.29, 0.717) is 0 Å². The van der Waals surface area contributed by atoms with Crippen molar-refractivity contribution < 1.29 is 14.4 Å². The smallest absolute Gasteiger partial charge is 0.270 e. The summed E-state index contributed by atoms with van der Waals surface area (Å²) in [6.45, 7) is 0. The molecule has 0 fully saturated rings. The van der Waals surface area contributed by atoms with Crippen molar-refractivity contribution in [3.05, 3.63) is 62.9 Å². The normalized spacial score (nSPS) is 10.9. The molecule has 0 aliphatic heterocycles. The second-order valence-corrected chi connectivity index (χ2v) is 4.29. The van der Waals surface area contributed by atoms with Crippen LogP contribution in [0.15, 0.2) is 41.4 Å². The minimum Gasteiger partial charge on any atom is -0.507 e. The zero-order valence-corrected chi connectivity index (χ0v) is 10.7. The molecule has 0 atom stereocenters. The first-order valence-electron chi connectivity index (χ1n) is 5.44. The molecule has 20 heavy (non-hydrogen) atoms. The van der Waals surface area contributed by atoms with E-state index in [9.17, 15) is 19.6 Å². The lowest BCUT2D eigenvalue weighted by atomic mass is 10.2. The number of aliphatic imine (C=N–C) groups is 1. The van der Waals surface area contributed by atoms with Crippen LogP contribution < -0.4 is 0 Å². The van der Waals surface area contributed by atoms with Crippen molar-refractivity contribution in [2.45, 2.75) is 0 Å². The highest BCUT2D eigenvalue weighted by molar-refractivity contribution is 6.30. The van der Waals surface area contributed by atoms with Gasteiger partial charge in [0.05, 0.1) is 10.6 Å². The number of rotatable bonds is 3. The molecule has 0 aromatic heterocycles. The number of benzene rings is 2. The van der Waals surface area contributed by atoms with Crippen LogP contribution in [0, 0.1) is 15.9 Å². The SMILES string of the molecule is O=[N+]([O-])c1ccc(O)c(C=Nc2ccc(Cl)cc2F)c1. The van der Waals surface area contributed by atoms with Crippen molar-refractivity contribution >= 4 is 29.2 Å². The predicted molar refractivity (Wildman–Crippen MR) is 73.4 cm³/mol. The number of nitro groups is 1. The molecule has 5 nitrogen and oxygen atoms in total. The van der Waals surface area contributed by atoms with Gasteiger partial charge in [-0.15, -0.1) is 0 Å². The summed E-state index contributed by atoms with van der Waals surface area (Å²) in [6.07, 6.45) is 1.15. The van der Waals surface area contributed by atoms with E-state index in [1.54, 1.807) is 0 Å². The molecule has 0 saturated carbocycles. The number of non-ortho nitro benzene ring substituents is 1. The Morgan fingerprint density at radius 3 is 2.70 bits per heavy atom. The molecule has 102 valence electrons. The summed E-state index contributed by atoms with van der Waals surface area (Å²) in [7, 11) is 0. The largest absolute Gasteiger partial charge is 0.507 e. The Labute approximate surface area is 118 Å². The maximum atomic E-state index is 13.5. The number of aromatic hydroxyl groups is 1. The maximum absolute atomic E-state index is 13.5. The summed E-state index contributed by atoms with van der Waals surface area (Å²) in [6, 6.07) is 7.41. The number of halogens is 2. The molecule has 0 saturated heterocycles. The average Bonchev–Trinajstić information content (AvgIpc) is 2.39. The fraction of sp³-hybridized carbons (Fsp3) is 0. The minimum absolute atomic E-state index is 0.0142. The van der Waals surface area contributed by atoms with E-state index < -0.39 is 10.7 Å². The number of phenols is 1. The molecule has 7 heteroatoms. The second kappa shape index (κ2) is 5.66. The molecule has 0 amide bonds. The molecule has 2 aromatic carbocycles. The molecule has 0 heterocycles. The first-order chi connectivity index (χ1) is 9.47. The highest BCUT2D eigenvalue weighted by atomic mass is 35.5. The van der Waals surface area contributed by atoms with Gasteiger partial charge in [0.25, 0.3) is 5.69 Å². The fourth-order valence-corrected chi connectivity index (χ4v) is 1.64. The van der Waals surface area contributed by atoms with Crippen molar-refractivity contribution in [3.8, 4) is 5.75 Å². The third-order valence-corrected chi connectivity index (χ3v) is 2.71. The fourth-order valence-electron chi connectivity index (χ4n) is 1.48. The highest BCUT2D eigenvalue weighted by Crippen LogP contribution is 2.24. The van der Waals surface area contributed by atoms with Gasteiger partial charge < -0.3 is 5.11 Å². The summed E-state index contributed by atoms with van der Waals surface area (Å²) in [5.41, 5.74) is -0.0605. The third kappa shape index (κ3) is 3.10. The molecule has 0 aliphatic carbocycles. The summed E-state index contributed by atoms with van der Waals surface area (Å²) >= 11 is 5.61. The molecule has 0 bridgehead atoms. The Bertz CT molecular complexity index is 704. The summed E-state index contributed by atoms with van der Waals surface area (Å²) in [5.74, 6) is -0.813. The van der Waals surface area contributed by atoms with E-state index in [4.69, 9.17) is 11.6 Å². The number of nitrogens with zero attached hydrogens (tertiary/aromatic N) is 2. The quantitative estimate of drug-likeness (QED) is 0.531. The van der Waals surface area contributed by atoms with E-state index >= 15 is 0 Å². The predicted octanol–water partition coefficient (Wildman–Crippen LogP) is 3.84. The van der Waals surface area contributed by atoms with Gasteiger partial charge in [0.15, 0.2) is 0 Å². The van der Waals surface area contributed by atoms with Crippen LogP contribution in [0.3, 0.4) is 0 Å². The summed E-state index contributed by atoms with van der Waals surface area (Å²) in [4.78, 5) is 13.9. The van der Waals surface area contributed by atoms with E-state index in [2.05, 4.69) is 4.99 Å². The van der Waals surface area contributed by atoms with Crippen LogP contribution in [0.4, 0.5) is 15.8 Å². The van der Waals surface area contributed by atoms with Gasteiger partial charge in [-0.2, -0.15) is 0 Å². The van der Waals surface area contributed by atoms with Crippen LogP contribution in [0.2, 0.25) is 5.02 Å². The average molecular weight is 295 g/mol. The van der Waals surface area contributed by atoms with Gasteiger partial charge in [-0.1, -0.05) is 11.6 Å². The second-order valence-electron chi connectivity index (χ2n) is 3.85. The minimum atomic E-state index is -0.626. The van der Waals surface area contributed by atoms with Crippen LogP contribution in [-0.4, -0.2) is 16.2 Å². The number of phenolic OH excluding ortho intramolecular Hbond substituents is 1. The van der Waals surface area contributed by atoms with Crippen molar-refractivity contribution in [1.82, 2.24) is 0 Å². The molecule has 2 aromatic rings. The summed E-state index contributed by atoms with van der Waals surface area (Å²) < 4.78 is 13.5. The van der Waals surface area contributed by atoms with E-state index in [0.717, 1.165) is 24.4 Å². The molecule has 0 spiro atoms. The first-order valence-corrected chi connectivity index (χ1v) is 5.81. The van der Waals surface area contributed by atoms with Crippen molar-refractivity contribution in [3.63, 3.8) is 0 Å². The Morgan fingerprint density at radius 2 is 2.05 bits per heavy atom. The maximum Gasteiger partial charge on any atom is 0.270 e. The topological polar surface area (TPSA) is 75.7 Å². The highest BCUT2D eigenvalue weighted by Gasteiger charge is 2.09. The molecular formula is C13H8ClFN2O3. The van der Waals surface area contributed by atoms with Crippen molar-refractivity contribution in [2.24, 2.45) is 4.99 Å². The van der Waals surface area contributed by atoms with Gasteiger partial charge in [0.1, 0.15) is 11.6 Å². The zero-order valence-electron chi connectivity index (χ0n) is 9.96. The third-order valence-electron chi connectivity index (χ3n) is 2.47. The molecule has 2 rings (SSSR count). The lowest BCUT2D eigenvalue weighted by Crippen LogP contribution is -1.90. The Hall–Kier alpha value is -2.47. The van der Waals surface area contributed by atoms with Gasteiger partial charge >= 0.3 is 0 Å². The molecular weight excluding hydrogens is 287 g/mol. The number of hydrogen-bond acceptors (Lipinski definition) is 4. The lowest BCUT2D eigenvalue weighted by molar-refractivity contribution is -0.384. The van der Waals surface area contributed by atoms with E-state index in [1.807, 2.05) is 0 Å². The van der Waals surface area contributed by atoms with Gasteiger partial charge in [0.2, 0.25) is 0 Å². The molecule has 1 N–H and O–H groups in total. The first kappa shape index (κ1) is 14.0. The number of nitro benzene ring substituents is 1. The van der Waals surface area contributed by atoms with Crippen molar-refractivity contribution in [2.75, 3.05) is 0 Å². The lowest BCUT2D eigenvalue weighted by Gasteiger charge is -2.00. The van der Waals surface area contributed by atoms with Gasteiger partial charge in [-0.3, -0.25) is 15.1 Å². The molecule has 0 unspecified atom stereocenters. The molecule has 0 radical (unpaired) electrons. The van der Waals surface area contributed by atoms with Crippen LogP contribution in [0.1, 0.15) is 5.56 Å². The van der Waals surface area contributed by atoms with Crippen LogP contribution in [-0.2, 0) is 0 Å². The van der Waals surface area contributed by atoms with Gasteiger partial charge in [-0.05, 0) is 24.3 Å². The van der Waals surface area contributed by atoms with E-state index in [-0.39, 0.29) is 27.7 Å². The standard InChI is InChI=1S/C13H8ClFN2O3/c14-9-1-3-12(11(15)6-9)16-7-8-5-10(17(19)20)2-4-13(8)18/h1-7,18H.